The highest BCUT2D eigenvalue weighted by Crippen LogP contribution is 2.30. The Morgan fingerprint density at radius 1 is 1.57 bits per heavy atom. The van der Waals surface area contributed by atoms with Gasteiger partial charge in [-0.1, -0.05) is 0 Å². The third-order valence-corrected chi connectivity index (χ3v) is 2.59. The minimum Gasteiger partial charge on any atom is -0.231 e. The van der Waals surface area contributed by atoms with Gasteiger partial charge in [-0.15, -0.1) is 0 Å². The molecule has 0 aliphatic heterocycles. The van der Waals surface area contributed by atoms with Crippen molar-refractivity contribution in [2.45, 2.75) is 6.92 Å². The van der Waals surface area contributed by atoms with Crippen molar-refractivity contribution in [2.75, 3.05) is 0 Å². The van der Waals surface area contributed by atoms with E-state index in [4.69, 9.17) is 10.7 Å². The maximum atomic E-state index is 8.78. The van der Waals surface area contributed by atoms with Gasteiger partial charge in [0, 0.05) is 0 Å². The van der Waals surface area contributed by atoms with Gasteiger partial charge in [0.25, 0.3) is 0 Å². The van der Waals surface area contributed by atoms with Crippen LogP contribution in [0.25, 0.3) is 16.0 Å². The van der Waals surface area contributed by atoms with Crippen molar-refractivity contribution in [3.05, 3.63) is 22.3 Å². The van der Waals surface area contributed by atoms with E-state index >= 15 is 0 Å². The number of aromatic nitrogens is 2. The summed E-state index contributed by atoms with van der Waals surface area (Å²) < 4.78 is 3.99. The zero-order valence-corrected chi connectivity index (χ0v) is 8.04. The molecule has 0 aromatic carbocycles. The number of nitrogens with zero attached hydrogens (tertiary/aromatic N) is 5. The van der Waals surface area contributed by atoms with Crippen molar-refractivity contribution in [3.63, 3.8) is 0 Å². The topological polar surface area (TPSA) is 77.7 Å². The second kappa shape index (κ2) is 3.02. The number of diazo groups is 1. The normalized spacial score (nSPS) is 9.64. The molecule has 0 spiro atoms. The fourth-order valence-corrected chi connectivity index (χ4v) is 1.74. The van der Waals surface area contributed by atoms with Crippen molar-refractivity contribution < 1.29 is 0 Å². The van der Waals surface area contributed by atoms with E-state index in [2.05, 4.69) is 14.3 Å². The van der Waals surface area contributed by atoms with Gasteiger partial charge in [-0.2, -0.15) is 9.64 Å². The summed E-state index contributed by atoms with van der Waals surface area (Å²) in [4.78, 5) is 7.19. The number of aryl methyl sites for hydroxylation is 1. The molecule has 0 aliphatic carbocycles. The standard InChI is InChI=1S/C8H4N5S/c1-4-5(3-9)2-6-7(11-4)13-14-8(6)12-10/h2H,1H3/q+1. The molecule has 0 N–H and O–H groups in total. The zero-order valence-electron chi connectivity index (χ0n) is 7.22. The lowest BCUT2D eigenvalue weighted by atomic mass is 10.2. The molecule has 0 amide bonds. The van der Waals surface area contributed by atoms with Gasteiger partial charge in [0.15, 0.2) is 10.6 Å². The number of rotatable bonds is 0. The van der Waals surface area contributed by atoms with Crippen molar-refractivity contribution in [2.24, 2.45) is 0 Å². The van der Waals surface area contributed by atoms with Gasteiger partial charge >= 0.3 is 5.00 Å². The molecule has 2 aromatic rings. The SMILES string of the molecule is Cc1nc2nsc([N+]#N)c2cc1C#N. The van der Waals surface area contributed by atoms with Crippen molar-refractivity contribution in [3.8, 4) is 6.07 Å². The summed E-state index contributed by atoms with van der Waals surface area (Å²) in [5, 5.41) is 18.4. The summed E-state index contributed by atoms with van der Waals surface area (Å²) >= 11 is 1.05. The van der Waals surface area contributed by atoms with Crippen LogP contribution >= 0.6 is 11.5 Å². The Morgan fingerprint density at radius 2 is 2.36 bits per heavy atom. The van der Waals surface area contributed by atoms with Gasteiger partial charge in [-0.25, -0.2) is 4.98 Å². The third kappa shape index (κ3) is 1.10. The van der Waals surface area contributed by atoms with Crippen LogP contribution in [0.15, 0.2) is 6.07 Å². The molecule has 2 aromatic heterocycles. The predicted octanol–water partition coefficient (Wildman–Crippen LogP) is 2.36. The van der Waals surface area contributed by atoms with Gasteiger partial charge in [0.2, 0.25) is 5.39 Å². The lowest BCUT2D eigenvalue weighted by molar-refractivity contribution is 1.21. The van der Waals surface area contributed by atoms with Gasteiger partial charge in [0.05, 0.1) is 22.8 Å². The van der Waals surface area contributed by atoms with E-state index in [0.29, 0.717) is 27.3 Å². The summed E-state index contributed by atoms with van der Waals surface area (Å²) in [6.07, 6.45) is 0. The van der Waals surface area contributed by atoms with Crippen molar-refractivity contribution >= 4 is 27.6 Å². The predicted molar refractivity (Wildman–Crippen MR) is 51.6 cm³/mol. The van der Waals surface area contributed by atoms with E-state index in [0.717, 1.165) is 11.5 Å². The summed E-state index contributed by atoms with van der Waals surface area (Å²) in [5.74, 6) is 0. The molecule has 6 heteroatoms. The van der Waals surface area contributed by atoms with Crippen LogP contribution in [0.4, 0.5) is 5.00 Å². The first-order valence-electron chi connectivity index (χ1n) is 3.78. The Labute approximate surface area is 83.4 Å². The van der Waals surface area contributed by atoms with Crippen molar-refractivity contribution in [1.29, 1.82) is 10.7 Å². The average molecular weight is 202 g/mol. The Balaban J connectivity index is 2.87. The highest BCUT2D eigenvalue weighted by atomic mass is 32.1. The van der Waals surface area contributed by atoms with Gasteiger partial charge in [-0.3, -0.25) is 0 Å². The van der Waals surface area contributed by atoms with E-state index in [-0.39, 0.29) is 0 Å². The van der Waals surface area contributed by atoms with Crippen LogP contribution in [-0.4, -0.2) is 9.36 Å². The highest BCUT2D eigenvalue weighted by molar-refractivity contribution is 7.11. The number of nitriles is 1. The van der Waals surface area contributed by atoms with Crippen LogP contribution in [-0.2, 0) is 0 Å². The van der Waals surface area contributed by atoms with Crippen molar-refractivity contribution in [1.82, 2.24) is 9.36 Å². The number of fused-ring (bicyclic) bond motifs is 1. The number of hydrogen-bond donors (Lipinski definition) is 0. The van der Waals surface area contributed by atoms with E-state index in [1.54, 1.807) is 13.0 Å². The molecule has 0 atom stereocenters. The molecule has 66 valence electrons. The summed E-state index contributed by atoms with van der Waals surface area (Å²) in [6.45, 7) is 1.74. The molecular weight excluding hydrogens is 198 g/mol. The second-order valence-electron chi connectivity index (χ2n) is 2.69. The summed E-state index contributed by atoms with van der Waals surface area (Å²) in [7, 11) is 0. The molecule has 5 nitrogen and oxygen atoms in total. The minimum atomic E-state index is 0.379. The number of pyridine rings is 1. The van der Waals surface area contributed by atoms with Crippen LogP contribution in [0.1, 0.15) is 11.3 Å². The maximum absolute atomic E-state index is 8.78. The van der Waals surface area contributed by atoms with Crippen LogP contribution in [0, 0.1) is 23.6 Å². The Kier molecular flexibility index (Phi) is 1.84. The van der Waals surface area contributed by atoms with Crippen LogP contribution in [0.5, 0.6) is 0 Å². The van der Waals surface area contributed by atoms with Crippen LogP contribution in [0.2, 0.25) is 0 Å². The fourth-order valence-electron chi connectivity index (χ4n) is 1.14. The molecule has 0 saturated carbocycles. The first-order valence-corrected chi connectivity index (χ1v) is 4.56. The molecule has 0 fully saturated rings. The third-order valence-electron chi connectivity index (χ3n) is 1.85. The van der Waals surface area contributed by atoms with Crippen LogP contribution in [0.3, 0.4) is 0 Å². The van der Waals surface area contributed by atoms with Gasteiger partial charge < -0.3 is 0 Å². The average Bonchev–Trinajstić information content (AvgIpc) is 2.58. The molecule has 2 heterocycles. The Hall–Kier alpha value is -2.05. The smallest absolute Gasteiger partial charge is 0.231 e. The molecule has 2 rings (SSSR count). The van der Waals surface area contributed by atoms with E-state index in [1.807, 2.05) is 6.07 Å². The fraction of sp³-hybridized carbons (Fsp3) is 0.125. The van der Waals surface area contributed by atoms with Crippen LogP contribution < -0.4 is 0 Å². The Morgan fingerprint density at radius 3 is 3.00 bits per heavy atom. The Bertz CT molecular complexity index is 586. The molecule has 0 saturated heterocycles. The quantitative estimate of drug-likeness (QED) is 0.614. The minimum absolute atomic E-state index is 0.379. The largest absolute Gasteiger partial charge is 0.468 e. The van der Waals surface area contributed by atoms with Gasteiger partial charge in [-0.05, 0) is 13.0 Å². The molecule has 14 heavy (non-hydrogen) atoms. The monoisotopic (exact) mass is 202 g/mol. The van der Waals surface area contributed by atoms with E-state index in [9.17, 15) is 0 Å². The molecular formula is C8H4N5S+. The molecule has 0 bridgehead atoms. The zero-order chi connectivity index (χ0) is 10.1. The molecule has 0 radical (unpaired) electrons. The first-order chi connectivity index (χ1) is 6.76. The second-order valence-corrected chi connectivity index (χ2v) is 3.44. The van der Waals surface area contributed by atoms with E-state index in [1.165, 1.54) is 0 Å². The molecule has 0 aliphatic rings. The lowest BCUT2D eigenvalue weighted by Crippen LogP contribution is -1.87. The summed E-state index contributed by atoms with van der Waals surface area (Å²) in [5.41, 5.74) is 1.62. The van der Waals surface area contributed by atoms with Gasteiger partial charge in [0.1, 0.15) is 11.5 Å². The first kappa shape index (κ1) is 8.54. The maximum Gasteiger partial charge on any atom is 0.468 e. The summed E-state index contributed by atoms with van der Waals surface area (Å²) in [6, 6.07) is 3.65. The molecule has 0 unspecified atom stereocenters. The highest BCUT2D eigenvalue weighted by Gasteiger charge is 2.18. The number of hydrogen-bond acceptors (Lipinski definition) is 5. The lowest BCUT2D eigenvalue weighted by Gasteiger charge is -1.92. The van der Waals surface area contributed by atoms with E-state index < -0.39 is 0 Å².